The molecular formula is C17H11F5O3S. The first-order chi connectivity index (χ1) is 12.3. The first-order valence-corrected chi connectivity index (χ1v) is 7.97. The van der Waals surface area contributed by atoms with Gasteiger partial charge in [0.1, 0.15) is 5.57 Å². The second kappa shape index (κ2) is 8.22. The highest BCUT2D eigenvalue weighted by Crippen LogP contribution is 2.33. The number of ether oxygens (including phenoxy) is 1. The van der Waals surface area contributed by atoms with Crippen molar-refractivity contribution in [3.8, 4) is 0 Å². The lowest BCUT2D eigenvalue weighted by atomic mass is 10.1. The molecule has 1 N–H and O–H groups in total. The van der Waals surface area contributed by atoms with E-state index in [-0.39, 0.29) is 16.0 Å². The topological polar surface area (TPSA) is 46.5 Å². The van der Waals surface area contributed by atoms with E-state index in [1.165, 1.54) is 24.3 Å². The van der Waals surface area contributed by atoms with Crippen molar-refractivity contribution in [2.45, 2.75) is 10.6 Å². The zero-order chi connectivity index (χ0) is 19.4. The predicted molar refractivity (Wildman–Crippen MR) is 84.9 cm³/mol. The maximum absolute atomic E-state index is 13.8. The minimum atomic E-state index is -2.23. The van der Waals surface area contributed by atoms with Gasteiger partial charge in [-0.1, -0.05) is 18.2 Å². The molecule has 2 rings (SSSR count). The number of carbonyl (C=O) groups is 1. The van der Waals surface area contributed by atoms with Crippen LogP contribution in [0.25, 0.3) is 5.57 Å². The van der Waals surface area contributed by atoms with Gasteiger partial charge < -0.3 is 9.84 Å². The third kappa shape index (κ3) is 3.67. The minimum Gasteiger partial charge on any atom is -0.515 e. The highest BCUT2D eigenvalue weighted by molar-refractivity contribution is 7.98. The number of hydrogen-bond acceptors (Lipinski definition) is 4. The molecule has 0 spiro atoms. The smallest absolute Gasteiger partial charge is 0.341 e. The van der Waals surface area contributed by atoms with Crippen LogP contribution in [0.2, 0.25) is 0 Å². The molecule has 0 fully saturated rings. The van der Waals surface area contributed by atoms with E-state index >= 15 is 0 Å². The maximum atomic E-state index is 13.8. The third-order valence-corrected chi connectivity index (χ3v) is 4.48. The molecule has 0 aliphatic heterocycles. The van der Waals surface area contributed by atoms with E-state index in [2.05, 4.69) is 4.74 Å². The number of rotatable bonds is 5. The van der Waals surface area contributed by atoms with Crippen LogP contribution >= 0.6 is 11.8 Å². The van der Waals surface area contributed by atoms with Gasteiger partial charge >= 0.3 is 5.97 Å². The van der Waals surface area contributed by atoms with Gasteiger partial charge in [0.2, 0.25) is 5.82 Å². The van der Waals surface area contributed by atoms with Gasteiger partial charge in [-0.3, -0.25) is 0 Å². The SMILES string of the molecule is COC(=O)/C(=C/O)c1ccccc1SCc1c(F)c(F)c(F)c(F)c1F. The van der Waals surface area contributed by atoms with Crippen molar-refractivity contribution in [3.05, 3.63) is 70.7 Å². The van der Waals surface area contributed by atoms with Crippen LogP contribution in [0.3, 0.4) is 0 Å². The summed E-state index contributed by atoms with van der Waals surface area (Å²) < 4.78 is 71.6. The van der Waals surface area contributed by atoms with E-state index in [1.54, 1.807) is 0 Å². The zero-order valence-corrected chi connectivity index (χ0v) is 14.0. The number of esters is 1. The van der Waals surface area contributed by atoms with Crippen molar-refractivity contribution in [3.63, 3.8) is 0 Å². The van der Waals surface area contributed by atoms with Crippen LogP contribution in [-0.2, 0) is 15.3 Å². The molecule has 0 aromatic heterocycles. The summed E-state index contributed by atoms with van der Waals surface area (Å²) in [5.41, 5.74) is -1.04. The Bertz CT molecular complexity index is 854. The van der Waals surface area contributed by atoms with E-state index in [0.717, 1.165) is 18.9 Å². The minimum absolute atomic E-state index is 0.177. The van der Waals surface area contributed by atoms with Crippen molar-refractivity contribution < 1.29 is 36.6 Å². The molecule has 0 atom stereocenters. The van der Waals surface area contributed by atoms with Crippen LogP contribution in [-0.4, -0.2) is 18.2 Å². The number of halogens is 5. The van der Waals surface area contributed by atoms with E-state index in [1.807, 2.05) is 0 Å². The number of methoxy groups -OCH3 is 1. The van der Waals surface area contributed by atoms with Crippen molar-refractivity contribution in [1.82, 2.24) is 0 Å². The number of carbonyl (C=O) groups excluding carboxylic acids is 1. The first kappa shape index (κ1) is 19.8. The number of thioether (sulfide) groups is 1. The second-order valence-corrected chi connectivity index (χ2v) is 5.88. The van der Waals surface area contributed by atoms with Crippen molar-refractivity contribution in [1.29, 1.82) is 0 Å². The number of hydrogen-bond donors (Lipinski definition) is 1. The molecule has 0 saturated carbocycles. The summed E-state index contributed by atoms with van der Waals surface area (Å²) >= 11 is 0.728. The quantitative estimate of drug-likeness (QED) is 0.152. The summed E-state index contributed by atoms with van der Waals surface area (Å²) in [6, 6.07) is 5.96. The average Bonchev–Trinajstić information content (AvgIpc) is 2.66. The van der Waals surface area contributed by atoms with Crippen LogP contribution in [0, 0.1) is 29.1 Å². The maximum Gasteiger partial charge on any atom is 0.341 e. The Kier molecular flexibility index (Phi) is 6.25. The average molecular weight is 390 g/mol. The molecule has 0 saturated heterocycles. The van der Waals surface area contributed by atoms with Crippen molar-refractivity contribution in [2.24, 2.45) is 0 Å². The van der Waals surface area contributed by atoms with Crippen LogP contribution < -0.4 is 0 Å². The third-order valence-electron chi connectivity index (χ3n) is 3.38. The molecule has 0 radical (unpaired) electrons. The lowest BCUT2D eigenvalue weighted by molar-refractivity contribution is -0.133. The van der Waals surface area contributed by atoms with Gasteiger partial charge in [-0.05, 0) is 6.07 Å². The van der Waals surface area contributed by atoms with Gasteiger partial charge in [0.15, 0.2) is 23.3 Å². The van der Waals surface area contributed by atoms with Gasteiger partial charge in [-0.15, -0.1) is 11.8 Å². The molecule has 0 heterocycles. The summed E-state index contributed by atoms with van der Waals surface area (Å²) in [6.07, 6.45) is 0.504. The fraction of sp³-hybridized carbons (Fsp3) is 0.118. The largest absolute Gasteiger partial charge is 0.515 e. The van der Waals surface area contributed by atoms with E-state index in [9.17, 15) is 31.9 Å². The Morgan fingerprint density at radius 3 is 2.12 bits per heavy atom. The predicted octanol–water partition coefficient (Wildman–Crippen LogP) is 4.75. The fourth-order valence-corrected chi connectivity index (χ4v) is 3.15. The van der Waals surface area contributed by atoms with Crippen molar-refractivity contribution in [2.75, 3.05) is 7.11 Å². The number of benzene rings is 2. The van der Waals surface area contributed by atoms with Crippen LogP contribution in [0.5, 0.6) is 0 Å². The Balaban J connectivity index is 2.40. The number of aliphatic hydroxyl groups is 1. The molecule has 2 aromatic rings. The van der Waals surface area contributed by atoms with E-state index < -0.39 is 46.4 Å². The molecule has 26 heavy (non-hydrogen) atoms. The van der Waals surface area contributed by atoms with Gasteiger partial charge in [-0.25, -0.2) is 26.7 Å². The summed E-state index contributed by atoms with van der Waals surface area (Å²) in [5, 5.41) is 9.25. The molecule has 0 amide bonds. The van der Waals surface area contributed by atoms with Gasteiger partial charge in [0.05, 0.1) is 13.4 Å². The van der Waals surface area contributed by atoms with Gasteiger partial charge in [-0.2, -0.15) is 0 Å². The fourth-order valence-electron chi connectivity index (χ4n) is 2.08. The molecular weight excluding hydrogens is 379 g/mol. The first-order valence-electron chi connectivity index (χ1n) is 6.98. The highest BCUT2D eigenvalue weighted by atomic mass is 32.2. The molecule has 2 aromatic carbocycles. The highest BCUT2D eigenvalue weighted by Gasteiger charge is 2.26. The lowest BCUT2D eigenvalue weighted by Gasteiger charge is -2.12. The second-order valence-electron chi connectivity index (χ2n) is 4.87. The monoisotopic (exact) mass is 390 g/mol. The van der Waals surface area contributed by atoms with Crippen molar-refractivity contribution >= 4 is 23.3 Å². The molecule has 0 unspecified atom stereocenters. The Morgan fingerprint density at radius 2 is 1.58 bits per heavy atom. The molecule has 0 bridgehead atoms. The molecule has 0 aliphatic rings. The summed E-state index contributed by atoms with van der Waals surface area (Å²) in [7, 11) is 1.09. The summed E-state index contributed by atoms with van der Waals surface area (Å²) in [4.78, 5) is 12.0. The Morgan fingerprint density at radius 1 is 1.04 bits per heavy atom. The zero-order valence-electron chi connectivity index (χ0n) is 13.2. The molecule has 3 nitrogen and oxygen atoms in total. The Labute approximate surface area is 149 Å². The van der Waals surface area contributed by atoms with Gasteiger partial charge in [0.25, 0.3) is 0 Å². The standard InChI is InChI=1S/C17H11F5O3S/c1-25-17(24)9(6-23)8-4-2-3-5-11(8)26-7-10-12(18)14(20)16(22)15(21)13(10)19/h2-6,23H,7H2,1H3/b9-6+. The molecule has 138 valence electrons. The summed E-state index contributed by atoms with van der Waals surface area (Å²) in [6.45, 7) is 0. The molecule has 9 heteroatoms. The Hall–Kier alpha value is -2.55. The van der Waals surface area contributed by atoms with Crippen LogP contribution in [0.1, 0.15) is 11.1 Å². The molecule has 0 aliphatic carbocycles. The van der Waals surface area contributed by atoms with E-state index in [0.29, 0.717) is 6.26 Å². The van der Waals surface area contributed by atoms with E-state index in [4.69, 9.17) is 0 Å². The van der Waals surface area contributed by atoms with Gasteiger partial charge in [0, 0.05) is 21.8 Å². The summed E-state index contributed by atoms with van der Waals surface area (Å²) in [5.74, 6) is -11.6. The number of aliphatic hydroxyl groups excluding tert-OH is 1. The van der Waals surface area contributed by atoms with Crippen LogP contribution in [0.15, 0.2) is 35.4 Å². The normalized spacial score (nSPS) is 11.5. The van der Waals surface area contributed by atoms with Crippen LogP contribution in [0.4, 0.5) is 22.0 Å². The lowest BCUT2D eigenvalue weighted by Crippen LogP contribution is -2.07.